The van der Waals surface area contributed by atoms with Crippen molar-refractivity contribution in [3.8, 4) is 5.75 Å². The normalized spacial score (nSPS) is 10.1. The van der Waals surface area contributed by atoms with Gasteiger partial charge in [0.05, 0.1) is 6.26 Å². The predicted molar refractivity (Wildman–Crippen MR) is 91.4 cm³/mol. The molecule has 0 aliphatic heterocycles. The lowest BCUT2D eigenvalue weighted by Crippen LogP contribution is -2.43. The Kier molecular flexibility index (Phi) is 6.37. The van der Waals surface area contributed by atoms with Crippen LogP contribution < -0.4 is 15.6 Å². The van der Waals surface area contributed by atoms with E-state index in [-0.39, 0.29) is 12.4 Å². The highest BCUT2D eigenvalue weighted by Gasteiger charge is 2.13. The quantitative estimate of drug-likeness (QED) is 0.598. The van der Waals surface area contributed by atoms with E-state index >= 15 is 0 Å². The zero-order valence-electron chi connectivity index (χ0n) is 14.8. The predicted octanol–water partition coefficient (Wildman–Crippen LogP) is 1.59. The lowest BCUT2D eigenvalue weighted by atomic mass is 10.1. The molecule has 1 heterocycles. The molecule has 0 spiro atoms. The van der Waals surface area contributed by atoms with E-state index in [1.165, 1.54) is 18.4 Å². The number of hydrogen-bond acceptors (Lipinski definition) is 6. The minimum Gasteiger partial charge on any atom is -0.481 e. The van der Waals surface area contributed by atoms with Gasteiger partial charge < -0.3 is 13.9 Å². The van der Waals surface area contributed by atoms with Gasteiger partial charge in [0.2, 0.25) is 0 Å². The Labute approximate surface area is 150 Å². The van der Waals surface area contributed by atoms with Crippen LogP contribution >= 0.6 is 0 Å². The van der Waals surface area contributed by atoms with Crippen LogP contribution in [0.25, 0.3) is 0 Å². The molecule has 1 aromatic heterocycles. The highest BCUT2D eigenvalue weighted by Crippen LogP contribution is 2.24. The molecule has 0 saturated heterocycles. The first-order valence-electron chi connectivity index (χ1n) is 7.85. The molecule has 8 nitrogen and oxygen atoms in total. The number of benzene rings is 1. The second-order valence-corrected chi connectivity index (χ2v) is 5.66. The molecule has 0 unspecified atom stereocenters. The molecular weight excluding hydrogens is 340 g/mol. The Hall–Kier alpha value is -3.29. The lowest BCUT2D eigenvalue weighted by Gasteiger charge is -2.12. The molecule has 2 N–H and O–H groups in total. The molecule has 0 bridgehead atoms. The summed E-state index contributed by atoms with van der Waals surface area (Å²) in [5.74, 6) is -1.36. The molecule has 0 fully saturated rings. The van der Waals surface area contributed by atoms with Crippen LogP contribution in [0.4, 0.5) is 0 Å². The standard InChI is InChI=1S/C18H20N2O6/c1-11-7-12(2)17(13(3)8-11)26-10-16(22)25-9-15(21)19-20-18(23)14-5-4-6-24-14/h4-8H,9-10H2,1-3H3,(H,19,21)(H,20,23). The first-order valence-corrected chi connectivity index (χ1v) is 7.85. The summed E-state index contributed by atoms with van der Waals surface area (Å²) in [4.78, 5) is 34.8. The van der Waals surface area contributed by atoms with Gasteiger partial charge in [-0.15, -0.1) is 0 Å². The molecule has 0 saturated carbocycles. The fourth-order valence-electron chi connectivity index (χ4n) is 2.35. The van der Waals surface area contributed by atoms with Crippen molar-refractivity contribution >= 4 is 17.8 Å². The second-order valence-electron chi connectivity index (χ2n) is 5.66. The molecule has 8 heteroatoms. The highest BCUT2D eigenvalue weighted by molar-refractivity contribution is 5.93. The Morgan fingerprint density at radius 3 is 2.35 bits per heavy atom. The summed E-state index contributed by atoms with van der Waals surface area (Å²) in [6.45, 7) is 4.87. The first kappa shape index (κ1) is 19.0. The van der Waals surface area contributed by atoms with Crippen molar-refractivity contribution < 1.29 is 28.3 Å². The number of nitrogens with one attached hydrogen (secondary N) is 2. The molecule has 0 aliphatic rings. The summed E-state index contributed by atoms with van der Waals surface area (Å²) >= 11 is 0. The molecule has 2 rings (SSSR count). The van der Waals surface area contributed by atoms with Gasteiger partial charge in [0, 0.05) is 0 Å². The molecule has 0 aliphatic carbocycles. The summed E-state index contributed by atoms with van der Waals surface area (Å²) in [6, 6.07) is 6.87. The SMILES string of the molecule is Cc1cc(C)c(OCC(=O)OCC(=O)NNC(=O)c2ccco2)c(C)c1. The molecule has 26 heavy (non-hydrogen) atoms. The minimum atomic E-state index is -0.697. The van der Waals surface area contributed by atoms with Gasteiger partial charge in [0.25, 0.3) is 5.91 Å². The Balaban J connectivity index is 1.71. The van der Waals surface area contributed by atoms with Crippen LogP contribution in [0.3, 0.4) is 0 Å². The molecule has 1 aromatic carbocycles. The smallest absolute Gasteiger partial charge is 0.344 e. The third kappa shape index (κ3) is 5.37. The van der Waals surface area contributed by atoms with Gasteiger partial charge in [-0.2, -0.15) is 0 Å². The number of esters is 1. The van der Waals surface area contributed by atoms with Gasteiger partial charge in [0.15, 0.2) is 19.0 Å². The molecular formula is C18H20N2O6. The van der Waals surface area contributed by atoms with Gasteiger partial charge in [-0.3, -0.25) is 20.4 Å². The van der Waals surface area contributed by atoms with E-state index in [4.69, 9.17) is 13.9 Å². The number of carbonyl (C=O) groups excluding carboxylic acids is 3. The van der Waals surface area contributed by atoms with Crippen LogP contribution in [0.15, 0.2) is 34.9 Å². The monoisotopic (exact) mass is 360 g/mol. The Morgan fingerprint density at radius 1 is 1.04 bits per heavy atom. The molecule has 0 atom stereocenters. The van der Waals surface area contributed by atoms with E-state index in [9.17, 15) is 14.4 Å². The summed E-state index contributed by atoms with van der Waals surface area (Å²) in [5.41, 5.74) is 7.16. The average molecular weight is 360 g/mol. The van der Waals surface area contributed by atoms with Crippen LogP contribution in [0.5, 0.6) is 5.75 Å². The Bertz CT molecular complexity index is 775. The van der Waals surface area contributed by atoms with Crippen LogP contribution in [0.1, 0.15) is 27.2 Å². The van der Waals surface area contributed by atoms with Crippen molar-refractivity contribution in [2.75, 3.05) is 13.2 Å². The molecule has 0 radical (unpaired) electrons. The number of aryl methyl sites for hydroxylation is 3. The van der Waals surface area contributed by atoms with Gasteiger partial charge in [0.1, 0.15) is 5.75 Å². The van der Waals surface area contributed by atoms with E-state index in [2.05, 4.69) is 10.9 Å². The van der Waals surface area contributed by atoms with E-state index in [0.717, 1.165) is 16.7 Å². The van der Waals surface area contributed by atoms with Crippen molar-refractivity contribution in [1.82, 2.24) is 10.9 Å². The minimum absolute atomic E-state index is 0.0412. The van der Waals surface area contributed by atoms with Gasteiger partial charge in [-0.1, -0.05) is 17.7 Å². The zero-order valence-corrected chi connectivity index (χ0v) is 14.8. The van der Waals surface area contributed by atoms with Crippen molar-refractivity contribution in [2.24, 2.45) is 0 Å². The third-order valence-electron chi connectivity index (χ3n) is 3.36. The zero-order chi connectivity index (χ0) is 19.1. The number of ether oxygens (including phenoxy) is 2. The van der Waals surface area contributed by atoms with Crippen LogP contribution in [-0.2, 0) is 14.3 Å². The van der Waals surface area contributed by atoms with E-state index in [1.54, 1.807) is 0 Å². The number of furan rings is 1. The van der Waals surface area contributed by atoms with E-state index < -0.39 is 24.4 Å². The summed E-state index contributed by atoms with van der Waals surface area (Å²) < 4.78 is 15.1. The fraction of sp³-hybridized carbons (Fsp3) is 0.278. The number of hydrazine groups is 1. The Morgan fingerprint density at radius 2 is 1.73 bits per heavy atom. The maximum absolute atomic E-state index is 11.7. The number of hydrogen-bond donors (Lipinski definition) is 2. The largest absolute Gasteiger partial charge is 0.481 e. The fourth-order valence-corrected chi connectivity index (χ4v) is 2.35. The van der Waals surface area contributed by atoms with Gasteiger partial charge in [-0.05, 0) is 44.0 Å². The van der Waals surface area contributed by atoms with Crippen LogP contribution in [0.2, 0.25) is 0 Å². The first-order chi connectivity index (χ1) is 12.4. The van der Waals surface area contributed by atoms with Crippen molar-refractivity contribution in [1.29, 1.82) is 0 Å². The third-order valence-corrected chi connectivity index (χ3v) is 3.36. The van der Waals surface area contributed by atoms with Gasteiger partial charge in [-0.25, -0.2) is 4.79 Å². The number of rotatable bonds is 6. The maximum atomic E-state index is 11.7. The number of carbonyl (C=O) groups is 3. The van der Waals surface area contributed by atoms with Crippen molar-refractivity contribution in [2.45, 2.75) is 20.8 Å². The van der Waals surface area contributed by atoms with E-state index in [1.807, 2.05) is 32.9 Å². The molecule has 2 amide bonds. The van der Waals surface area contributed by atoms with Crippen molar-refractivity contribution in [3.05, 3.63) is 53.0 Å². The molecule has 138 valence electrons. The molecule has 2 aromatic rings. The summed E-state index contributed by atoms with van der Waals surface area (Å²) in [7, 11) is 0. The van der Waals surface area contributed by atoms with Gasteiger partial charge >= 0.3 is 11.9 Å². The highest BCUT2D eigenvalue weighted by atomic mass is 16.6. The average Bonchev–Trinajstić information content (AvgIpc) is 3.11. The van der Waals surface area contributed by atoms with Crippen LogP contribution in [-0.4, -0.2) is 31.0 Å². The lowest BCUT2D eigenvalue weighted by molar-refractivity contribution is -0.150. The van der Waals surface area contributed by atoms with Crippen LogP contribution in [0, 0.1) is 20.8 Å². The maximum Gasteiger partial charge on any atom is 0.344 e. The number of amides is 2. The summed E-state index contributed by atoms with van der Waals surface area (Å²) in [5, 5.41) is 0. The summed E-state index contributed by atoms with van der Waals surface area (Å²) in [6.07, 6.45) is 1.33. The van der Waals surface area contributed by atoms with E-state index in [0.29, 0.717) is 5.75 Å². The second kappa shape index (κ2) is 8.70. The topological polar surface area (TPSA) is 107 Å². The van der Waals surface area contributed by atoms with Crippen molar-refractivity contribution in [3.63, 3.8) is 0 Å².